The van der Waals surface area contributed by atoms with Crippen molar-refractivity contribution in [3.05, 3.63) is 12.4 Å². The molecule has 0 aliphatic heterocycles. The van der Waals surface area contributed by atoms with E-state index in [9.17, 15) is 0 Å². The predicted octanol–water partition coefficient (Wildman–Crippen LogP) is 2.16. The van der Waals surface area contributed by atoms with Crippen LogP contribution in [0.5, 0.6) is 11.8 Å². The quantitative estimate of drug-likeness (QED) is 0.853. The molecule has 0 spiro atoms. The van der Waals surface area contributed by atoms with Gasteiger partial charge < -0.3 is 15.2 Å². The second-order valence-electron chi connectivity index (χ2n) is 4.98. The fraction of sp³-hybridized carbons (Fsp3) is 0.714. The third-order valence-electron chi connectivity index (χ3n) is 3.46. The Bertz CT molecular complexity index is 387. The lowest BCUT2D eigenvalue weighted by Crippen LogP contribution is -2.35. The van der Waals surface area contributed by atoms with Crippen LogP contribution >= 0.6 is 0 Å². The van der Waals surface area contributed by atoms with Crippen molar-refractivity contribution in [2.24, 2.45) is 11.7 Å². The van der Waals surface area contributed by atoms with Gasteiger partial charge >= 0.3 is 0 Å². The van der Waals surface area contributed by atoms with Crippen molar-refractivity contribution < 1.29 is 9.47 Å². The summed E-state index contributed by atoms with van der Waals surface area (Å²) in [5.74, 6) is 1.49. The van der Waals surface area contributed by atoms with E-state index in [4.69, 9.17) is 15.2 Å². The Hall–Kier alpha value is -1.36. The summed E-state index contributed by atoms with van der Waals surface area (Å²) in [5, 5.41) is 0. The van der Waals surface area contributed by atoms with Gasteiger partial charge in [0.15, 0.2) is 0 Å². The number of hydrogen-bond donors (Lipinski definition) is 1. The third-order valence-corrected chi connectivity index (χ3v) is 3.46. The van der Waals surface area contributed by atoms with Gasteiger partial charge in [0.25, 0.3) is 0 Å². The van der Waals surface area contributed by atoms with Crippen LogP contribution in [0.2, 0.25) is 0 Å². The molecule has 0 aromatic carbocycles. The van der Waals surface area contributed by atoms with E-state index in [1.54, 1.807) is 12.4 Å². The van der Waals surface area contributed by atoms with Crippen molar-refractivity contribution in [2.75, 3.05) is 13.2 Å². The number of nitrogens with two attached hydrogens (primary N) is 1. The first-order valence-electron chi connectivity index (χ1n) is 7.15. The average molecular weight is 265 g/mol. The van der Waals surface area contributed by atoms with E-state index in [0.29, 0.717) is 30.8 Å². The highest BCUT2D eigenvalue weighted by Crippen LogP contribution is 2.27. The van der Waals surface area contributed by atoms with Crippen molar-refractivity contribution in [3.8, 4) is 11.8 Å². The second kappa shape index (κ2) is 7.28. The molecule has 106 valence electrons. The third kappa shape index (κ3) is 4.06. The summed E-state index contributed by atoms with van der Waals surface area (Å²) in [5.41, 5.74) is 5.80. The Balaban J connectivity index is 1.97. The maximum atomic E-state index is 5.95. The topological polar surface area (TPSA) is 70.3 Å². The lowest BCUT2D eigenvalue weighted by atomic mass is 9.86. The molecular formula is C14H23N3O2. The van der Waals surface area contributed by atoms with E-state index in [0.717, 1.165) is 19.3 Å². The fourth-order valence-electron chi connectivity index (χ4n) is 2.42. The monoisotopic (exact) mass is 265 g/mol. The Morgan fingerprint density at radius 3 is 2.84 bits per heavy atom. The highest BCUT2D eigenvalue weighted by Gasteiger charge is 2.26. The van der Waals surface area contributed by atoms with Gasteiger partial charge in [-0.3, -0.25) is 4.98 Å². The molecular weight excluding hydrogens is 242 g/mol. The van der Waals surface area contributed by atoms with Crippen molar-refractivity contribution >= 4 is 0 Å². The molecule has 2 N–H and O–H groups in total. The summed E-state index contributed by atoms with van der Waals surface area (Å²) in [6, 6.07) is 0. The van der Waals surface area contributed by atoms with Gasteiger partial charge in [-0.25, -0.2) is 0 Å². The molecule has 0 saturated heterocycles. The lowest BCUT2D eigenvalue weighted by molar-refractivity contribution is 0.0908. The number of nitrogens with zero attached hydrogens (tertiary/aromatic N) is 2. The van der Waals surface area contributed by atoms with E-state index in [1.165, 1.54) is 12.8 Å². The summed E-state index contributed by atoms with van der Waals surface area (Å²) >= 11 is 0. The lowest BCUT2D eigenvalue weighted by Gasteiger charge is -2.30. The fourth-order valence-corrected chi connectivity index (χ4v) is 2.42. The molecule has 2 rings (SSSR count). The number of hydrogen-bond acceptors (Lipinski definition) is 5. The summed E-state index contributed by atoms with van der Waals surface area (Å²) in [4.78, 5) is 8.44. The zero-order chi connectivity index (χ0) is 13.5. The number of rotatable bonds is 6. The summed E-state index contributed by atoms with van der Waals surface area (Å²) < 4.78 is 11.4. The summed E-state index contributed by atoms with van der Waals surface area (Å²) in [7, 11) is 0. The first-order valence-corrected chi connectivity index (χ1v) is 7.15. The van der Waals surface area contributed by atoms with E-state index in [2.05, 4.69) is 16.9 Å². The van der Waals surface area contributed by atoms with E-state index < -0.39 is 0 Å². The van der Waals surface area contributed by atoms with Crippen LogP contribution in [0.1, 0.15) is 39.0 Å². The van der Waals surface area contributed by atoms with Crippen LogP contribution in [0, 0.1) is 5.92 Å². The number of aromatic nitrogens is 2. The molecule has 1 fully saturated rings. The molecule has 1 aromatic rings. The normalized spacial score (nSPS) is 23.1. The Morgan fingerprint density at radius 2 is 2.05 bits per heavy atom. The molecule has 1 aromatic heterocycles. The minimum atomic E-state index is 0.162. The highest BCUT2D eigenvalue weighted by atomic mass is 16.5. The van der Waals surface area contributed by atoms with Gasteiger partial charge in [-0.1, -0.05) is 13.3 Å². The van der Waals surface area contributed by atoms with E-state index >= 15 is 0 Å². The van der Waals surface area contributed by atoms with Gasteiger partial charge in [-0.15, -0.1) is 0 Å². The van der Waals surface area contributed by atoms with Gasteiger partial charge in [0.05, 0.1) is 19.0 Å². The van der Waals surface area contributed by atoms with Crippen LogP contribution in [-0.2, 0) is 0 Å². The van der Waals surface area contributed by atoms with Crippen LogP contribution in [-0.4, -0.2) is 29.2 Å². The Morgan fingerprint density at radius 1 is 1.26 bits per heavy atom. The van der Waals surface area contributed by atoms with Gasteiger partial charge in [-0.2, -0.15) is 4.98 Å². The van der Waals surface area contributed by atoms with Gasteiger partial charge in [0.2, 0.25) is 11.8 Å². The molecule has 5 nitrogen and oxygen atoms in total. The van der Waals surface area contributed by atoms with Crippen LogP contribution in [0.15, 0.2) is 12.4 Å². The minimum absolute atomic E-state index is 0.162. The molecule has 1 saturated carbocycles. The van der Waals surface area contributed by atoms with Crippen LogP contribution in [0.3, 0.4) is 0 Å². The first-order chi connectivity index (χ1) is 9.33. The standard InChI is InChI=1S/C14H23N3O2/c1-2-7-18-13-9-16-10-14(17-13)19-12-6-4-3-5-11(12)8-15/h9-12H,2-8,15H2,1H3. The molecule has 5 heteroatoms. The van der Waals surface area contributed by atoms with Crippen LogP contribution in [0.25, 0.3) is 0 Å². The maximum Gasteiger partial charge on any atom is 0.235 e. The molecule has 2 atom stereocenters. The molecule has 1 heterocycles. The van der Waals surface area contributed by atoms with Crippen molar-refractivity contribution in [1.29, 1.82) is 0 Å². The second-order valence-corrected chi connectivity index (χ2v) is 4.98. The highest BCUT2D eigenvalue weighted by molar-refractivity contribution is 5.13. The smallest absolute Gasteiger partial charge is 0.235 e. The maximum absolute atomic E-state index is 5.95. The zero-order valence-electron chi connectivity index (χ0n) is 11.5. The largest absolute Gasteiger partial charge is 0.477 e. The SMILES string of the molecule is CCCOc1cncc(OC2CCCCC2CN)n1. The summed E-state index contributed by atoms with van der Waals surface area (Å²) in [6.45, 7) is 3.37. The van der Waals surface area contributed by atoms with Gasteiger partial charge in [0.1, 0.15) is 6.10 Å². The Kier molecular flexibility index (Phi) is 5.39. The molecule has 0 amide bonds. The average Bonchev–Trinajstić information content (AvgIpc) is 2.46. The molecule has 1 aliphatic carbocycles. The molecule has 2 unspecified atom stereocenters. The molecule has 0 bridgehead atoms. The van der Waals surface area contributed by atoms with E-state index in [-0.39, 0.29) is 6.10 Å². The molecule has 1 aliphatic rings. The molecule has 0 radical (unpaired) electrons. The van der Waals surface area contributed by atoms with Gasteiger partial charge in [-0.05, 0) is 32.2 Å². The van der Waals surface area contributed by atoms with E-state index in [1.807, 2.05) is 0 Å². The predicted molar refractivity (Wildman–Crippen MR) is 73.2 cm³/mol. The summed E-state index contributed by atoms with van der Waals surface area (Å²) in [6.07, 6.45) is 8.99. The first kappa shape index (κ1) is 14.1. The number of ether oxygens (including phenoxy) is 2. The minimum Gasteiger partial charge on any atom is -0.477 e. The van der Waals surface area contributed by atoms with Crippen molar-refractivity contribution in [1.82, 2.24) is 9.97 Å². The Labute approximate surface area is 114 Å². The zero-order valence-corrected chi connectivity index (χ0v) is 11.5. The van der Waals surface area contributed by atoms with Crippen LogP contribution in [0.4, 0.5) is 0 Å². The van der Waals surface area contributed by atoms with Crippen LogP contribution < -0.4 is 15.2 Å². The van der Waals surface area contributed by atoms with Crippen molar-refractivity contribution in [3.63, 3.8) is 0 Å². The van der Waals surface area contributed by atoms with Gasteiger partial charge in [0, 0.05) is 5.92 Å². The van der Waals surface area contributed by atoms with Crippen molar-refractivity contribution in [2.45, 2.75) is 45.1 Å². The molecule has 19 heavy (non-hydrogen) atoms.